The van der Waals surface area contributed by atoms with Crippen LogP contribution in [-0.4, -0.2) is 60.6 Å². The SMILES string of the molecule is CN1CCN(C(=O)CCCCO)CC1. The molecule has 0 radical (unpaired) electrons. The number of amides is 1. The maximum atomic E-state index is 11.6. The van der Waals surface area contributed by atoms with Crippen molar-refractivity contribution in [1.29, 1.82) is 0 Å². The minimum absolute atomic E-state index is 0.190. The van der Waals surface area contributed by atoms with Gasteiger partial charge in [-0.15, -0.1) is 0 Å². The molecule has 1 aliphatic heterocycles. The third kappa shape index (κ3) is 3.64. The Morgan fingerprint density at radius 2 is 1.86 bits per heavy atom. The van der Waals surface area contributed by atoms with Crippen LogP contribution in [0.4, 0.5) is 0 Å². The van der Waals surface area contributed by atoms with E-state index >= 15 is 0 Å². The van der Waals surface area contributed by atoms with Crippen LogP contribution in [0.2, 0.25) is 0 Å². The summed E-state index contributed by atoms with van der Waals surface area (Å²) in [6.45, 7) is 3.86. The van der Waals surface area contributed by atoms with Crippen LogP contribution >= 0.6 is 0 Å². The Morgan fingerprint density at radius 3 is 2.43 bits per heavy atom. The van der Waals surface area contributed by atoms with Crippen molar-refractivity contribution in [2.24, 2.45) is 0 Å². The van der Waals surface area contributed by atoms with E-state index in [0.29, 0.717) is 6.42 Å². The second-order valence-electron chi connectivity index (χ2n) is 3.86. The first-order valence-corrected chi connectivity index (χ1v) is 5.31. The molecule has 0 spiro atoms. The van der Waals surface area contributed by atoms with Crippen LogP contribution in [0.25, 0.3) is 0 Å². The summed E-state index contributed by atoms with van der Waals surface area (Å²) in [6.07, 6.45) is 2.13. The van der Waals surface area contributed by atoms with Crippen LogP contribution < -0.4 is 0 Å². The summed E-state index contributed by atoms with van der Waals surface area (Å²) >= 11 is 0. The number of aliphatic hydroxyl groups excluding tert-OH is 1. The van der Waals surface area contributed by atoms with Gasteiger partial charge in [-0.1, -0.05) is 0 Å². The second kappa shape index (κ2) is 5.98. The van der Waals surface area contributed by atoms with E-state index < -0.39 is 0 Å². The molecule has 1 rings (SSSR count). The molecule has 0 atom stereocenters. The number of piperazine rings is 1. The molecular weight excluding hydrogens is 180 g/mol. The van der Waals surface area contributed by atoms with Crippen LogP contribution in [0.3, 0.4) is 0 Å². The predicted molar refractivity (Wildman–Crippen MR) is 55.0 cm³/mol. The van der Waals surface area contributed by atoms with Gasteiger partial charge in [-0.05, 0) is 19.9 Å². The molecule has 1 N–H and O–H groups in total. The molecule has 1 amide bonds. The fraction of sp³-hybridized carbons (Fsp3) is 0.900. The molecule has 0 aromatic rings. The van der Waals surface area contributed by atoms with Gasteiger partial charge in [0.2, 0.25) is 5.91 Å². The van der Waals surface area contributed by atoms with Crippen molar-refractivity contribution in [1.82, 2.24) is 9.80 Å². The lowest BCUT2D eigenvalue weighted by atomic mass is 10.2. The van der Waals surface area contributed by atoms with Crippen molar-refractivity contribution in [2.75, 3.05) is 39.8 Å². The molecule has 0 aromatic heterocycles. The highest BCUT2D eigenvalue weighted by atomic mass is 16.3. The molecule has 14 heavy (non-hydrogen) atoms. The van der Waals surface area contributed by atoms with Crippen molar-refractivity contribution in [2.45, 2.75) is 19.3 Å². The first kappa shape index (κ1) is 11.5. The molecular formula is C10H20N2O2. The summed E-state index contributed by atoms with van der Waals surface area (Å²) in [4.78, 5) is 15.8. The molecule has 0 bridgehead atoms. The average Bonchev–Trinajstić information content (AvgIpc) is 2.19. The summed E-state index contributed by atoms with van der Waals surface area (Å²) in [5, 5.41) is 8.59. The molecule has 0 saturated carbocycles. The van der Waals surface area contributed by atoms with Gasteiger partial charge in [0.1, 0.15) is 0 Å². The van der Waals surface area contributed by atoms with E-state index in [-0.39, 0.29) is 12.5 Å². The maximum absolute atomic E-state index is 11.6. The molecule has 0 unspecified atom stereocenters. The lowest BCUT2D eigenvalue weighted by Gasteiger charge is -2.32. The zero-order valence-corrected chi connectivity index (χ0v) is 8.91. The zero-order valence-electron chi connectivity index (χ0n) is 8.91. The highest BCUT2D eigenvalue weighted by Crippen LogP contribution is 2.04. The van der Waals surface area contributed by atoms with Crippen molar-refractivity contribution in [3.05, 3.63) is 0 Å². The molecule has 4 heteroatoms. The molecule has 0 aromatic carbocycles. The third-order valence-corrected chi connectivity index (χ3v) is 2.65. The molecule has 4 nitrogen and oxygen atoms in total. The highest BCUT2D eigenvalue weighted by Gasteiger charge is 2.17. The lowest BCUT2D eigenvalue weighted by molar-refractivity contribution is -0.132. The Kier molecular flexibility index (Phi) is 4.90. The zero-order chi connectivity index (χ0) is 10.4. The standard InChI is InChI=1S/C10H20N2O2/c1-11-5-7-12(8-6-11)10(14)4-2-3-9-13/h13H,2-9H2,1H3. The van der Waals surface area contributed by atoms with E-state index in [1.165, 1.54) is 0 Å². The van der Waals surface area contributed by atoms with Gasteiger partial charge in [-0.2, -0.15) is 0 Å². The van der Waals surface area contributed by atoms with Gasteiger partial charge >= 0.3 is 0 Å². The van der Waals surface area contributed by atoms with Gasteiger partial charge in [-0.25, -0.2) is 0 Å². The van der Waals surface area contributed by atoms with E-state index in [2.05, 4.69) is 11.9 Å². The average molecular weight is 200 g/mol. The Morgan fingerprint density at radius 1 is 1.21 bits per heavy atom. The van der Waals surface area contributed by atoms with E-state index in [0.717, 1.165) is 39.0 Å². The smallest absolute Gasteiger partial charge is 0.222 e. The molecule has 1 fully saturated rings. The fourth-order valence-electron chi connectivity index (χ4n) is 1.60. The summed E-state index contributed by atoms with van der Waals surface area (Å²) in [6, 6.07) is 0. The van der Waals surface area contributed by atoms with Crippen LogP contribution in [0.5, 0.6) is 0 Å². The van der Waals surface area contributed by atoms with Gasteiger partial charge in [0.05, 0.1) is 0 Å². The molecule has 1 aliphatic rings. The van der Waals surface area contributed by atoms with Crippen molar-refractivity contribution in [3.63, 3.8) is 0 Å². The number of aliphatic hydroxyl groups is 1. The minimum Gasteiger partial charge on any atom is -0.396 e. The number of rotatable bonds is 4. The molecule has 1 heterocycles. The van der Waals surface area contributed by atoms with Gasteiger partial charge < -0.3 is 14.9 Å². The molecule has 1 saturated heterocycles. The van der Waals surface area contributed by atoms with Crippen molar-refractivity contribution >= 4 is 5.91 Å². The maximum Gasteiger partial charge on any atom is 0.222 e. The minimum atomic E-state index is 0.190. The summed E-state index contributed by atoms with van der Waals surface area (Å²) in [7, 11) is 2.08. The topological polar surface area (TPSA) is 43.8 Å². The van der Waals surface area contributed by atoms with E-state index in [1.54, 1.807) is 0 Å². The largest absolute Gasteiger partial charge is 0.396 e. The second-order valence-corrected chi connectivity index (χ2v) is 3.86. The Labute approximate surface area is 85.5 Å². The molecule has 0 aliphatic carbocycles. The lowest BCUT2D eigenvalue weighted by Crippen LogP contribution is -2.47. The number of carbonyl (C=O) groups excluding carboxylic acids is 1. The third-order valence-electron chi connectivity index (χ3n) is 2.65. The first-order chi connectivity index (χ1) is 6.74. The van der Waals surface area contributed by atoms with Gasteiger partial charge in [0.15, 0.2) is 0 Å². The van der Waals surface area contributed by atoms with E-state index in [9.17, 15) is 4.79 Å². The summed E-state index contributed by atoms with van der Waals surface area (Å²) < 4.78 is 0. The van der Waals surface area contributed by atoms with Crippen LogP contribution in [-0.2, 0) is 4.79 Å². The van der Waals surface area contributed by atoms with Crippen LogP contribution in [0.1, 0.15) is 19.3 Å². The fourth-order valence-corrected chi connectivity index (χ4v) is 1.60. The Bertz CT molecular complexity index is 177. The van der Waals surface area contributed by atoms with Crippen LogP contribution in [0.15, 0.2) is 0 Å². The van der Waals surface area contributed by atoms with Crippen molar-refractivity contribution in [3.8, 4) is 0 Å². The summed E-state index contributed by atoms with van der Waals surface area (Å²) in [5.74, 6) is 0.242. The number of hydrogen-bond donors (Lipinski definition) is 1. The normalized spacial score (nSPS) is 18.6. The number of hydrogen-bond acceptors (Lipinski definition) is 3. The quantitative estimate of drug-likeness (QED) is 0.646. The van der Waals surface area contributed by atoms with E-state index in [1.807, 2.05) is 4.90 Å². The van der Waals surface area contributed by atoms with Crippen molar-refractivity contribution < 1.29 is 9.90 Å². The van der Waals surface area contributed by atoms with E-state index in [4.69, 9.17) is 5.11 Å². The molecule has 82 valence electrons. The van der Waals surface area contributed by atoms with Gasteiger partial charge in [0.25, 0.3) is 0 Å². The van der Waals surface area contributed by atoms with Gasteiger partial charge in [-0.3, -0.25) is 4.79 Å². The summed E-state index contributed by atoms with van der Waals surface area (Å²) in [5.41, 5.74) is 0. The number of likely N-dealkylation sites (N-methyl/N-ethyl adjacent to an activating group) is 1. The first-order valence-electron chi connectivity index (χ1n) is 5.31. The number of nitrogens with zero attached hydrogens (tertiary/aromatic N) is 2. The Balaban J connectivity index is 2.17. The monoisotopic (exact) mass is 200 g/mol. The highest BCUT2D eigenvalue weighted by molar-refractivity contribution is 5.76. The Hall–Kier alpha value is -0.610. The predicted octanol–water partition coefficient (Wildman–Crippen LogP) is -0.0770. The van der Waals surface area contributed by atoms with Crippen LogP contribution in [0, 0.1) is 0 Å². The number of unbranched alkanes of at least 4 members (excludes halogenated alkanes) is 1. The number of carbonyl (C=O) groups is 1. The van der Waals surface area contributed by atoms with Gasteiger partial charge in [0, 0.05) is 39.2 Å².